The van der Waals surface area contributed by atoms with Gasteiger partial charge in [-0.25, -0.2) is 9.18 Å². The maximum absolute atomic E-state index is 14.1. The third-order valence-corrected chi connectivity index (χ3v) is 3.79. The van der Waals surface area contributed by atoms with Crippen LogP contribution in [0.2, 0.25) is 0 Å². The molecule has 2 rings (SSSR count). The number of halogens is 1. The zero-order valence-electron chi connectivity index (χ0n) is 11.2. The monoisotopic (exact) mass is 265 g/mol. The molecule has 1 fully saturated rings. The van der Waals surface area contributed by atoms with Gasteiger partial charge in [0, 0.05) is 5.56 Å². The number of aliphatic imine (C=N–C) groups is 1. The van der Waals surface area contributed by atoms with Crippen molar-refractivity contribution in [3.63, 3.8) is 0 Å². The Balaban J connectivity index is 2.65. The second-order valence-electron chi connectivity index (χ2n) is 4.69. The number of ether oxygens (including phenoxy) is 2. The van der Waals surface area contributed by atoms with Crippen molar-refractivity contribution in [2.24, 2.45) is 4.99 Å². The van der Waals surface area contributed by atoms with Gasteiger partial charge < -0.3 is 9.47 Å². The Morgan fingerprint density at radius 3 is 2.37 bits per heavy atom. The Hall–Kier alpha value is -1.87. The van der Waals surface area contributed by atoms with Crippen LogP contribution in [0.15, 0.2) is 11.1 Å². The second-order valence-corrected chi connectivity index (χ2v) is 4.69. The quantitative estimate of drug-likeness (QED) is 0.621. The maximum atomic E-state index is 14.1. The molecule has 0 radical (unpaired) electrons. The van der Waals surface area contributed by atoms with Crippen molar-refractivity contribution in [3.8, 4) is 11.5 Å². The predicted octanol–water partition coefficient (Wildman–Crippen LogP) is 2.87. The minimum Gasteiger partial charge on any atom is -0.492 e. The third-order valence-electron chi connectivity index (χ3n) is 3.79. The van der Waals surface area contributed by atoms with Gasteiger partial charge in [-0.15, -0.1) is 0 Å². The standard InChI is InChI=1S/C14H16FNO3/c1-9-10(14(16-8-17)5-4-6-14)7-11(15)13(19-3)12(9)18-2/h7H,4-6H2,1-3H3. The average Bonchev–Trinajstić information content (AvgIpc) is 2.36. The third kappa shape index (κ3) is 2.00. The highest BCUT2D eigenvalue weighted by Gasteiger charge is 2.41. The Labute approximate surface area is 111 Å². The number of carbonyl (C=O) groups excluding carboxylic acids is 1. The number of benzene rings is 1. The van der Waals surface area contributed by atoms with Crippen LogP contribution < -0.4 is 9.47 Å². The summed E-state index contributed by atoms with van der Waals surface area (Å²) in [6.07, 6.45) is 4.00. The molecule has 1 aromatic rings. The van der Waals surface area contributed by atoms with Gasteiger partial charge in [-0.3, -0.25) is 0 Å². The lowest BCUT2D eigenvalue weighted by molar-refractivity contribution is 0.250. The van der Waals surface area contributed by atoms with Gasteiger partial charge in [0.1, 0.15) is 0 Å². The molecule has 0 heterocycles. The minimum absolute atomic E-state index is 0.0771. The topological polar surface area (TPSA) is 47.9 Å². The Bertz CT molecular complexity index is 546. The van der Waals surface area contributed by atoms with Crippen LogP contribution in [0.3, 0.4) is 0 Å². The molecule has 0 aromatic heterocycles. The summed E-state index contributed by atoms with van der Waals surface area (Å²) in [7, 11) is 2.85. The molecule has 0 bridgehead atoms. The molecule has 102 valence electrons. The molecule has 5 heteroatoms. The van der Waals surface area contributed by atoms with E-state index in [1.165, 1.54) is 20.3 Å². The summed E-state index contributed by atoms with van der Waals surface area (Å²) < 4.78 is 24.3. The van der Waals surface area contributed by atoms with Gasteiger partial charge in [-0.05, 0) is 37.8 Å². The van der Waals surface area contributed by atoms with Gasteiger partial charge in [-0.2, -0.15) is 4.99 Å². The summed E-state index contributed by atoms with van der Waals surface area (Å²) in [5, 5.41) is 0. The maximum Gasteiger partial charge on any atom is 0.235 e. The molecule has 0 aliphatic heterocycles. The highest BCUT2D eigenvalue weighted by Crippen LogP contribution is 2.49. The van der Waals surface area contributed by atoms with Crippen LogP contribution in [0, 0.1) is 12.7 Å². The molecule has 0 atom stereocenters. The van der Waals surface area contributed by atoms with Gasteiger partial charge in [0.05, 0.1) is 19.8 Å². The van der Waals surface area contributed by atoms with Crippen LogP contribution in [0.1, 0.15) is 30.4 Å². The van der Waals surface area contributed by atoms with E-state index in [4.69, 9.17) is 9.47 Å². The van der Waals surface area contributed by atoms with Crippen LogP contribution in [0.4, 0.5) is 4.39 Å². The first kappa shape index (κ1) is 13.6. The van der Waals surface area contributed by atoms with Crippen LogP contribution in [0.5, 0.6) is 11.5 Å². The molecular formula is C14H16FNO3. The fourth-order valence-corrected chi connectivity index (χ4v) is 2.66. The highest BCUT2D eigenvalue weighted by molar-refractivity contribution is 5.54. The van der Waals surface area contributed by atoms with Crippen LogP contribution >= 0.6 is 0 Å². The SMILES string of the molecule is COc1c(F)cc(C2(N=C=O)CCC2)c(C)c1OC. The van der Waals surface area contributed by atoms with Crippen LogP contribution in [-0.4, -0.2) is 20.3 Å². The van der Waals surface area contributed by atoms with Crippen LogP contribution in [0.25, 0.3) is 0 Å². The fourth-order valence-electron chi connectivity index (χ4n) is 2.66. The fraction of sp³-hybridized carbons (Fsp3) is 0.500. The molecule has 0 saturated heterocycles. The molecule has 0 spiro atoms. The van der Waals surface area contributed by atoms with E-state index in [1.807, 2.05) is 6.92 Å². The molecular weight excluding hydrogens is 249 g/mol. The summed E-state index contributed by atoms with van der Waals surface area (Å²) in [5.74, 6) is -0.0782. The van der Waals surface area contributed by atoms with Crippen molar-refractivity contribution in [3.05, 3.63) is 23.0 Å². The second kappa shape index (κ2) is 5.02. The smallest absolute Gasteiger partial charge is 0.235 e. The number of nitrogens with zero attached hydrogens (tertiary/aromatic N) is 1. The van der Waals surface area contributed by atoms with E-state index in [2.05, 4.69) is 4.99 Å². The molecule has 19 heavy (non-hydrogen) atoms. The van der Waals surface area contributed by atoms with Crippen molar-refractivity contribution in [1.82, 2.24) is 0 Å². The molecule has 0 unspecified atom stereocenters. The molecule has 1 aliphatic carbocycles. The Morgan fingerprint density at radius 2 is 1.95 bits per heavy atom. The van der Waals surface area contributed by atoms with Gasteiger partial charge in [0.15, 0.2) is 17.3 Å². The highest BCUT2D eigenvalue weighted by atomic mass is 19.1. The van der Waals surface area contributed by atoms with Crippen LogP contribution in [-0.2, 0) is 10.3 Å². The van der Waals surface area contributed by atoms with Gasteiger partial charge in [0.25, 0.3) is 0 Å². The van der Waals surface area contributed by atoms with Gasteiger partial charge in [-0.1, -0.05) is 0 Å². The van der Waals surface area contributed by atoms with Crippen molar-refractivity contribution >= 4 is 6.08 Å². The first-order chi connectivity index (χ1) is 9.09. The van der Waals surface area contributed by atoms with E-state index in [0.717, 1.165) is 24.8 Å². The normalized spacial score (nSPS) is 16.2. The lowest BCUT2D eigenvalue weighted by Crippen LogP contribution is -2.33. The van der Waals surface area contributed by atoms with Crippen molar-refractivity contribution in [2.75, 3.05) is 14.2 Å². The molecule has 1 aliphatic rings. The van der Waals surface area contributed by atoms with Crippen molar-refractivity contribution < 1.29 is 18.7 Å². The number of hydrogen-bond acceptors (Lipinski definition) is 4. The molecule has 4 nitrogen and oxygen atoms in total. The van der Waals surface area contributed by atoms with E-state index >= 15 is 0 Å². The molecule has 1 aromatic carbocycles. The number of methoxy groups -OCH3 is 2. The Kier molecular flexibility index (Phi) is 3.58. The largest absolute Gasteiger partial charge is 0.492 e. The van der Waals surface area contributed by atoms with E-state index in [1.54, 1.807) is 6.08 Å². The van der Waals surface area contributed by atoms with Gasteiger partial charge >= 0.3 is 0 Å². The number of isocyanates is 1. The van der Waals surface area contributed by atoms with Crippen molar-refractivity contribution in [2.45, 2.75) is 31.7 Å². The van der Waals surface area contributed by atoms with E-state index < -0.39 is 11.4 Å². The zero-order valence-corrected chi connectivity index (χ0v) is 11.2. The van der Waals surface area contributed by atoms with E-state index in [9.17, 15) is 9.18 Å². The lowest BCUT2D eigenvalue weighted by atomic mass is 9.71. The number of rotatable bonds is 4. The van der Waals surface area contributed by atoms with E-state index in [0.29, 0.717) is 11.3 Å². The van der Waals surface area contributed by atoms with E-state index in [-0.39, 0.29) is 5.75 Å². The first-order valence-corrected chi connectivity index (χ1v) is 6.10. The molecule has 0 amide bonds. The van der Waals surface area contributed by atoms with Gasteiger partial charge in [0.2, 0.25) is 6.08 Å². The zero-order chi connectivity index (χ0) is 14.0. The average molecular weight is 265 g/mol. The summed E-state index contributed by atoms with van der Waals surface area (Å²) in [4.78, 5) is 14.5. The minimum atomic E-state index is -0.647. The predicted molar refractivity (Wildman–Crippen MR) is 67.9 cm³/mol. The Morgan fingerprint density at radius 1 is 1.32 bits per heavy atom. The first-order valence-electron chi connectivity index (χ1n) is 6.10. The summed E-state index contributed by atoms with van der Waals surface area (Å²) in [6, 6.07) is 1.39. The number of hydrogen-bond donors (Lipinski definition) is 0. The van der Waals surface area contributed by atoms with Crippen molar-refractivity contribution in [1.29, 1.82) is 0 Å². The summed E-state index contributed by atoms with van der Waals surface area (Å²) >= 11 is 0. The molecule has 0 N–H and O–H groups in total. The lowest BCUT2D eigenvalue weighted by Gasteiger charge is -2.38. The summed E-state index contributed by atoms with van der Waals surface area (Å²) in [5.41, 5.74) is 0.781. The summed E-state index contributed by atoms with van der Waals surface area (Å²) in [6.45, 7) is 1.82. The molecule has 1 saturated carbocycles.